The molecular formula is C14H18N4O3S. The molecule has 1 fully saturated rings. The van der Waals surface area contributed by atoms with E-state index >= 15 is 0 Å². The number of hydrogen-bond acceptors (Lipinski definition) is 6. The van der Waals surface area contributed by atoms with Crippen LogP contribution in [0, 0.1) is 5.92 Å². The highest BCUT2D eigenvalue weighted by Gasteiger charge is 2.28. The first-order chi connectivity index (χ1) is 10.5. The molecule has 1 amide bonds. The van der Waals surface area contributed by atoms with Crippen molar-refractivity contribution in [2.24, 2.45) is 5.92 Å². The van der Waals surface area contributed by atoms with Gasteiger partial charge in [0.15, 0.2) is 9.84 Å². The zero-order chi connectivity index (χ0) is 15.6. The fourth-order valence-corrected chi connectivity index (χ4v) is 4.13. The van der Waals surface area contributed by atoms with Gasteiger partial charge in [0.2, 0.25) is 11.9 Å². The number of nitrogens with zero attached hydrogens (tertiary/aromatic N) is 4. The van der Waals surface area contributed by atoms with Crippen LogP contribution in [0.3, 0.4) is 0 Å². The zero-order valence-corrected chi connectivity index (χ0v) is 12.9. The van der Waals surface area contributed by atoms with Gasteiger partial charge in [-0.3, -0.25) is 4.79 Å². The maximum Gasteiger partial charge on any atom is 0.225 e. The van der Waals surface area contributed by atoms with E-state index in [-0.39, 0.29) is 24.0 Å². The summed E-state index contributed by atoms with van der Waals surface area (Å²) in [7, 11) is -3.09. The summed E-state index contributed by atoms with van der Waals surface area (Å²) < 4.78 is 22.7. The van der Waals surface area contributed by atoms with Crippen molar-refractivity contribution in [3.63, 3.8) is 0 Å². The Balaban J connectivity index is 1.51. The number of hydrogen-bond donors (Lipinski definition) is 0. The van der Waals surface area contributed by atoms with Gasteiger partial charge in [-0.05, 0) is 6.07 Å². The Bertz CT molecular complexity index is 667. The van der Waals surface area contributed by atoms with Crippen molar-refractivity contribution in [3.05, 3.63) is 29.9 Å². The fraction of sp³-hybridized carbons (Fsp3) is 0.500. The number of carbonyl (C=O) groups excluding carboxylic acids is 1. The number of anilines is 1. The predicted molar refractivity (Wildman–Crippen MR) is 81.9 cm³/mol. The molecule has 1 saturated heterocycles. The Morgan fingerprint density at radius 1 is 1.18 bits per heavy atom. The summed E-state index contributed by atoms with van der Waals surface area (Å²) in [6.07, 6.45) is 5.29. The van der Waals surface area contributed by atoms with E-state index in [1.165, 1.54) is 5.41 Å². The molecule has 0 aromatic carbocycles. The normalized spacial score (nSPS) is 23.7. The maximum atomic E-state index is 12.3. The van der Waals surface area contributed by atoms with Crippen molar-refractivity contribution in [1.29, 1.82) is 0 Å². The number of carbonyl (C=O) groups is 1. The quantitative estimate of drug-likeness (QED) is 0.783. The minimum absolute atomic E-state index is 0.0142. The van der Waals surface area contributed by atoms with Crippen LogP contribution in [0.25, 0.3) is 0 Å². The first-order valence-electron chi connectivity index (χ1n) is 7.24. The van der Waals surface area contributed by atoms with E-state index in [0.29, 0.717) is 32.1 Å². The summed E-state index contributed by atoms with van der Waals surface area (Å²) in [5, 5.41) is 1.22. The van der Waals surface area contributed by atoms with Gasteiger partial charge in [-0.2, -0.15) is 0 Å². The van der Waals surface area contributed by atoms with Gasteiger partial charge in [0, 0.05) is 56.3 Å². The van der Waals surface area contributed by atoms with Gasteiger partial charge in [0.05, 0.1) is 5.75 Å². The molecule has 7 nitrogen and oxygen atoms in total. The van der Waals surface area contributed by atoms with E-state index in [1.807, 2.05) is 4.90 Å². The molecule has 1 atom stereocenters. The summed E-state index contributed by atoms with van der Waals surface area (Å²) in [5.74, 6) is 0.559. The molecule has 1 aromatic rings. The van der Waals surface area contributed by atoms with Gasteiger partial charge in [0.1, 0.15) is 0 Å². The molecule has 22 heavy (non-hydrogen) atoms. The van der Waals surface area contributed by atoms with Gasteiger partial charge in [0.25, 0.3) is 0 Å². The number of piperazine rings is 1. The van der Waals surface area contributed by atoms with Crippen molar-refractivity contribution < 1.29 is 13.2 Å². The van der Waals surface area contributed by atoms with Crippen LogP contribution in [-0.2, 0) is 14.6 Å². The standard InChI is InChI=1S/C14H18N4O3S/c19-13(10-12-2-9-22(20,21)11-12)17-5-7-18(8-6-17)14-15-3-1-4-16-14/h1-4,9,12H,5-8,10-11H2. The SMILES string of the molecule is O=C(CC1C=CS(=O)(=O)C1)N1CCN(c2ncccn2)CC1. The molecule has 118 valence electrons. The van der Waals surface area contributed by atoms with Gasteiger partial charge in [-0.1, -0.05) is 6.08 Å². The fourth-order valence-electron chi connectivity index (χ4n) is 2.73. The van der Waals surface area contributed by atoms with Crippen LogP contribution in [-0.4, -0.2) is 61.1 Å². The van der Waals surface area contributed by atoms with E-state index in [4.69, 9.17) is 0 Å². The minimum Gasteiger partial charge on any atom is -0.339 e. The molecule has 1 unspecified atom stereocenters. The topological polar surface area (TPSA) is 83.5 Å². The molecule has 0 spiro atoms. The van der Waals surface area contributed by atoms with Crippen LogP contribution in [0.4, 0.5) is 5.95 Å². The summed E-state index contributed by atoms with van der Waals surface area (Å²) in [5.41, 5.74) is 0. The van der Waals surface area contributed by atoms with Crippen molar-refractivity contribution in [2.75, 3.05) is 36.8 Å². The molecule has 1 aromatic heterocycles. The van der Waals surface area contributed by atoms with Crippen LogP contribution in [0.5, 0.6) is 0 Å². The molecular weight excluding hydrogens is 304 g/mol. The number of amides is 1. The smallest absolute Gasteiger partial charge is 0.225 e. The van der Waals surface area contributed by atoms with Crippen LogP contribution < -0.4 is 4.90 Å². The molecule has 0 N–H and O–H groups in total. The lowest BCUT2D eigenvalue weighted by Crippen LogP contribution is -2.49. The summed E-state index contributed by atoms with van der Waals surface area (Å²) in [6, 6.07) is 1.77. The highest BCUT2D eigenvalue weighted by atomic mass is 32.2. The molecule has 0 aliphatic carbocycles. The van der Waals surface area contributed by atoms with Crippen molar-refractivity contribution >= 4 is 21.7 Å². The number of rotatable bonds is 3. The molecule has 0 saturated carbocycles. The third-order valence-corrected chi connectivity index (χ3v) is 5.37. The van der Waals surface area contributed by atoms with Crippen molar-refractivity contribution in [2.45, 2.75) is 6.42 Å². The van der Waals surface area contributed by atoms with E-state index < -0.39 is 9.84 Å². The second kappa shape index (κ2) is 6.04. The average molecular weight is 322 g/mol. The van der Waals surface area contributed by atoms with E-state index in [0.717, 1.165) is 0 Å². The van der Waals surface area contributed by atoms with E-state index in [9.17, 15) is 13.2 Å². The third kappa shape index (κ3) is 3.44. The van der Waals surface area contributed by atoms with E-state index in [2.05, 4.69) is 9.97 Å². The van der Waals surface area contributed by atoms with Gasteiger partial charge < -0.3 is 9.80 Å². The molecule has 2 aliphatic heterocycles. The Morgan fingerprint density at radius 2 is 1.86 bits per heavy atom. The highest BCUT2D eigenvalue weighted by Crippen LogP contribution is 2.20. The zero-order valence-electron chi connectivity index (χ0n) is 12.1. The second-order valence-electron chi connectivity index (χ2n) is 5.54. The van der Waals surface area contributed by atoms with Crippen LogP contribution >= 0.6 is 0 Å². The van der Waals surface area contributed by atoms with Gasteiger partial charge in [-0.25, -0.2) is 18.4 Å². The first kappa shape index (κ1) is 15.0. The minimum atomic E-state index is -3.09. The van der Waals surface area contributed by atoms with E-state index in [1.54, 1.807) is 29.4 Å². The molecule has 2 aliphatic rings. The van der Waals surface area contributed by atoms with Crippen LogP contribution in [0.2, 0.25) is 0 Å². The summed E-state index contributed by atoms with van der Waals surface area (Å²) >= 11 is 0. The van der Waals surface area contributed by atoms with Crippen LogP contribution in [0.1, 0.15) is 6.42 Å². The van der Waals surface area contributed by atoms with Crippen molar-refractivity contribution in [1.82, 2.24) is 14.9 Å². The van der Waals surface area contributed by atoms with Gasteiger partial charge in [-0.15, -0.1) is 0 Å². The Labute approximate surface area is 129 Å². The highest BCUT2D eigenvalue weighted by molar-refractivity contribution is 7.94. The molecule has 8 heteroatoms. The number of sulfone groups is 1. The monoisotopic (exact) mass is 322 g/mol. The number of aromatic nitrogens is 2. The predicted octanol–water partition coefficient (Wildman–Crippen LogP) is 0.0736. The average Bonchev–Trinajstić information content (AvgIpc) is 2.87. The van der Waals surface area contributed by atoms with Crippen molar-refractivity contribution in [3.8, 4) is 0 Å². The van der Waals surface area contributed by atoms with Crippen LogP contribution in [0.15, 0.2) is 29.9 Å². The maximum absolute atomic E-state index is 12.3. The number of allylic oxidation sites excluding steroid dienone is 1. The lowest BCUT2D eigenvalue weighted by molar-refractivity contribution is -0.132. The Morgan fingerprint density at radius 3 is 2.45 bits per heavy atom. The largest absolute Gasteiger partial charge is 0.339 e. The summed E-state index contributed by atoms with van der Waals surface area (Å²) in [4.78, 5) is 24.5. The first-order valence-corrected chi connectivity index (χ1v) is 8.96. The Kier molecular flexibility index (Phi) is 4.10. The third-order valence-electron chi connectivity index (χ3n) is 3.91. The molecule has 0 bridgehead atoms. The lowest BCUT2D eigenvalue weighted by Gasteiger charge is -2.35. The Hall–Kier alpha value is -1.96. The molecule has 3 heterocycles. The second-order valence-corrected chi connectivity index (χ2v) is 7.47. The lowest BCUT2D eigenvalue weighted by atomic mass is 10.1. The summed E-state index contributed by atoms with van der Waals surface area (Å²) in [6.45, 7) is 2.60. The molecule has 0 radical (unpaired) electrons. The molecule has 3 rings (SSSR count). The van der Waals surface area contributed by atoms with Gasteiger partial charge >= 0.3 is 0 Å².